The monoisotopic (exact) mass is 1720 g/mol. The Bertz CT molecular complexity index is 5390. The minimum Gasteiger partial charge on any atom is -0.493 e. The number of aliphatic hydroxyl groups excluding tert-OH is 8. The molecule has 0 radical (unpaired) electrons. The highest BCUT2D eigenvalue weighted by Gasteiger charge is 2.63. The smallest absolute Gasteiger partial charge is 0.351 e. The molecule has 122 heavy (non-hydrogen) atoms. The third kappa shape index (κ3) is 18.1. The molecule has 4 aromatic carbocycles. The second kappa shape index (κ2) is 35.8. The molecule has 38 nitrogen and oxygen atoms in total. The van der Waals surface area contributed by atoms with Crippen molar-refractivity contribution < 1.29 is 128 Å². The van der Waals surface area contributed by atoms with Gasteiger partial charge in [0.25, 0.3) is 23.6 Å². The van der Waals surface area contributed by atoms with Crippen molar-refractivity contribution in [2.75, 3.05) is 103 Å². The SMILES string of the molecule is C=C1COc2cc(C(=O)Nc3ccn(C4O[C@H](CO)[C@@H](O)C4(F)F)c(=O)n3)ccc2N1.CN1CCOc2ccc(C(=O)Nc3ccn(C4O[C@H](CO)[C@@H](O)C4(F)F)c(=O)n3)cc21.O=C(Nc1ccn(C2O[C@H](CO)[C@@H](O)C2(F)F)c(=O)n1)c1ccc2c(c1)CCCN2.O=C(Nc1ccn(C2O[C@H](CO)[C@@H](O)C2(F)F)c(=O)n1)c1ccc2c(c1)CCCO2. The first-order chi connectivity index (χ1) is 58.0. The summed E-state index contributed by atoms with van der Waals surface area (Å²) in [5.41, 5.74) is 1.70. The largest absolute Gasteiger partial charge is 0.493 e. The van der Waals surface area contributed by atoms with Crippen LogP contribution in [0.1, 0.15) is 90.3 Å². The minimum absolute atomic E-state index is 0.113. The predicted octanol–water partition coefficient (Wildman–Crippen LogP) is 2.36. The van der Waals surface area contributed by atoms with E-state index in [1.54, 1.807) is 60.7 Å². The molecule has 8 aromatic rings. The van der Waals surface area contributed by atoms with Gasteiger partial charge in [-0.3, -0.25) is 37.4 Å². The number of halogens is 8. The number of aryl methyl sites for hydroxylation is 2. The van der Waals surface area contributed by atoms with E-state index in [0.717, 1.165) is 97.4 Å². The van der Waals surface area contributed by atoms with Crippen LogP contribution in [0.2, 0.25) is 0 Å². The van der Waals surface area contributed by atoms with E-state index in [4.69, 9.17) is 53.6 Å². The summed E-state index contributed by atoms with van der Waals surface area (Å²) >= 11 is 0. The second-order valence-electron chi connectivity index (χ2n) is 28.5. The summed E-state index contributed by atoms with van der Waals surface area (Å²) in [6.07, 6.45) is -16.5. The number of alkyl halides is 8. The lowest BCUT2D eigenvalue weighted by atomic mass is 10.0. The molecule has 14 N–H and O–H groups in total. The number of aliphatic hydroxyl groups is 8. The predicted molar refractivity (Wildman–Crippen MR) is 407 cm³/mol. The molecule has 4 fully saturated rings. The van der Waals surface area contributed by atoms with Crippen molar-refractivity contribution in [2.45, 2.75) is 123 Å². The number of carbonyl (C=O) groups is 4. The molecule has 4 aromatic heterocycles. The van der Waals surface area contributed by atoms with Gasteiger partial charge in [-0.15, -0.1) is 0 Å². The zero-order valence-electron chi connectivity index (χ0n) is 63.6. The molecule has 16 rings (SSSR count). The standard InChI is InChI=1S/C19H18F2N4O6.C19H20F2N4O6.C19H20F2N4O5.C19H19F2N3O6/c1-9-8-30-12-6-10(2-3-11(12)22-9)16(28)23-14-4-5-25(18(29)24-14)17-19(20,21)15(27)13(7-26)31-17;1-24-6-7-30-12-3-2-10(8-11(12)24)16(28)22-14-4-5-25(18(29)23-14)17-19(20,21)15(27)13(9-26)31-17;20-19(21)15(27)13(9-26)30-17(19)25-7-5-14(24-18(25)29)23-16(28)11-3-4-12-10(8-11)2-1-6-22-12;20-19(21)15(26)13(9-25)30-17(19)24-6-5-14(23-18(24)28)22-16(27)11-3-4-12-10(8-11)2-1-7-29-12/h2-6,13,15,17,22,26-27H,1,7-8H2,(H,23,24,28,29);2-5,8,13,15,17,26-27H,6-7,9H2,1H3,(H,22,23,28,29);3-5,7-8,13,15,17,22,26-27H,1-2,6,9H2,(H,23,24,28,29);3-6,8,13,15,17,25-26H,1-2,7,9H2,(H,22,23,27,28)/t4*13-,15-,17?/m1111/s1. The quantitative estimate of drug-likeness (QED) is 0.0617. The van der Waals surface area contributed by atoms with Crippen molar-refractivity contribution >= 4 is 64.0 Å². The Morgan fingerprint density at radius 3 is 1.20 bits per heavy atom. The van der Waals surface area contributed by atoms with Gasteiger partial charge in [-0.1, -0.05) is 6.58 Å². The highest BCUT2D eigenvalue weighted by Crippen LogP contribution is 2.46. The highest BCUT2D eigenvalue weighted by molar-refractivity contribution is 6.06. The lowest BCUT2D eigenvalue weighted by Crippen LogP contribution is -2.41. The highest BCUT2D eigenvalue weighted by atomic mass is 19.3. The van der Waals surface area contributed by atoms with Crippen LogP contribution in [0.5, 0.6) is 17.2 Å². The third-order valence-electron chi connectivity index (χ3n) is 20.3. The fraction of sp³-hybridized carbons (Fsp3) is 0.395. The Labute approximate surface area is 681 Å². The van der Waals surface area contributed by atoms with E-state index >= 15 is 0 Å². The number of hydrogen-bond donors (Lipinski definition) is 14. The number of amides is 4. The summed E-state index contributed by atoms with van der Waals surface area (Å²) in [6, 6.07) is 24.3. The number of carbonyl (C=O) groups excluding carboxylic acids is 4. The zero-order chi connectivity index (χ0) is 87.6. The molecule has 4 amide bonds. The van der Waals surface area contributed by atoms with Gasteiger partial charge in [0.1, 0.15) is 78.1 Å². The van der Waals surface area contributed by atoms with Crippen molar-refractivity contribution in [3.05, 3.63) is 209 Å². The first kappa shape index (κ1) is 87.6. The molecular weight excluding hydrogens is 1640 g/mol. The van der Waals surface area contributed by atoms with Gasteiger partial charge in [-0.25, -0.2) is 19.2 Å². The van der Waals surface area contributed by atoms with Gasteiger partial charge in [0, 0.05) is 72.0 Å². The summed E-state index contributed by atoms with van der Waals surface area (Å²) < 4.78 is 152. The number of aromatic nitrogens is 8. The van der Waals surface area contributed by atoms with E-state index in [1.807, 2.05) is 11.9 Å². The Morgan fingerprint density at radius 2 is 0.803 bits per heavy atom. The van der Waals surface area contributed by atoms with Crippen molar-refractivity contribution in [1.82, 2.24) is 38.2 Å². The fourth-order valence-corrected chi connectivity index (χ4v) is 13.8. The van der Waals surface area contributed by atoms with E-state index in [9.17, 15) is 93.9 Å². The fourth-order valence-electron chi connectivity index (χ4n) is 13.8. The molecule has 12 heterocycles. The number of anilines is 7. The van der Waals surface area contributed by atoms with Gasteiger partial charge in [0.15, 0.2) is 24.4 Å². The van der Waals surface area contributed by atoms with Crippen LogP contribution in [0, 0.1) is 0 Å². The van der Waals surface area contributed by atoms with Crippen LogP contribution in [-0.2, 0) is 31.8 Å². The molecule has 0 spiro atoms. The molecule has 0 saturated carbocycles. The maximum Gasteiger partial charge on any atom is 0.351 e. The van der Waals surface area contributed by atoms with Crippen LogP contribution in [0.25, 0.3) is 0 Å². The number of fused-ring (bicyclic) bond motifs is 4. The molecule has 650 valence electrons. The first-order valence-corrected chi connectivity index (χ1v) is 37.3. The summed E-state index contributed by atoms with van der Waals surface area (Å²) in [7, 11) is 1.86. The number of nitrogens with zero attached hydrogens (tertiary/aromatic N) is 9. The molecule has 4 saturated heterocycles. The molecule has 0 aliphatic carbocycles. The van der Waals surface area contributed by atoms with E-state index in [-0.39, 0.29) is 35.4 Å². The van der Waals surface area contributed by atoms with Crippen LogP contribution in [0.15, 0.2) is 153 Å². The third-order valence-corrected chi connectivity index (χ3v) is 20.3. The van der Waals surface area contributed by atoms with Crippen LogP contribution in [0.4, 0.5) is 75.5 Å². The Morgan fingerprint density at radius 1 is 0.451 bits per heavy atom. The van der Waals surface area contributed by atoms with E-state index < -0.39 is 170 Å². The van der Waals surface area contributed by atoms with Crippen molar-refractivity contribution in [2.24, 2.45) is 0 Å². The number of hydrogen-bond acceptors (Lipinski definition) is 30. The molecule has 8 aliphatic rings. The summed E-state index contributed by atoms with van der Waals surface area (Å²) in [4.78, 5) is 115. The molecular formula is C76H77F8N15O23. The number of benzene rings is 4. The summed E-state index contributed by atoms with van der Waals surface area (Å²) in [5.74, 6) is -16.2. The average molecular weight is 1720 g/mol. The van der Waals surface area contributed by atoms with Crippen molar-refractivity contribution in [3.63, 3.8) is 0 Å². The van der Waals surface area contributed by atoms with E-state index in [0.29, 0.717) is 77.6 Å². The normalized spacial score (nSPS) is 24.5. The van der Waals surface area contributed by atoms with Gasteiger partial charge < -0.3 is 111 Å². The van der Waals surface area contributed by atoms with Crippen LogP contribution >= 0.6 is 0 Å². The van der Waals surface area contributed by atoms with Crippen LogP contribution < -0.4 is 73.8 Å². The molecule has 4 unspecified atom stereocenters. The van der Waals surface area contributed by atoms with E-state index in [1.165, 1.54) is 24.3 Å². The maximum absolute atomic E-state index is 14.2. The summed E-state index contributed by atoms with van der Waals surface area (Å²) in [6.45, 7) is 3.34. The number of nitrogens with one attached hydrogen (secondary N) is 6. The van der Waals surface area contributed by atoms with Gasteiger partial charge in [-0.05, 0) is 134 Å². The van der Waals surface area contributed by atoms with Crippen LogP contribution in [-0.4, -0.2) is 242 Å². The van der Waals surface area contributed by atoms with E-state index in [2.05, 4.69) is 58.4 Å². The second-order valence-corrected chi connectivity index (χ2v) is 28.5. The van der Waals surface area contributed by atoms with Gasteiger partial charge in [0.2, 0.25) is 24.9 Å². The molecule has 8 aliphatic heterocycles. The number of ether oxygens (including phenoxy) is 7. The minimum atomic E-state index is -3.83. The average Bonchev–Trinajstić information content (AvgIpc) is 1.63. The number of rotatable bonds is 16. The lowest BCUT2D eigenvalue weighted by molar-refractivity contribution is -0.141. The van der Waals surface area contributed by atoms with Gasteiger partial charge >= 0.3 is 46.4 Å². The van der Waals surface area contributed by atoms with Crippen molar-refractivity contribution in [3.8, 4) is 17.2 Å². The zero-order valence-corrected chi connectivity index (χ0v) is 63.6. The Kier molecular flexibility index (Phi) is 25.7. The summed E-state index contributed by atoms with van der Waals surface area (Å²) in [5, 5.41) is 90.6. The first-order valence-electron chi connectivity index (χ1n) is 37.3. The lowest BCUT2D eigenvalue weighted by Gasteiger charge is -2.27. The molecule has 12 atom stereocenters. The van der Waals surface area contributed by atoms with Gasteiger partial charge in [-0.2, -0.15) is 55.1 Å². The van der Waals surface area contributed by atoms with Crippen LogP contribution in [0.3, 0.4) is 0 Å². The van der Waals surface area contributed by atoms with Gasteiger partial charge in [0.05, 0.1) is 51.0 Å². The Balaban J connectivity index is 0.000000140. The van der Waals surface area contributed by atoms with Crippen molar-refractivity contribution in [1.29, 1.82) is 0 Å². The Hall–Kier alpha value is -12.2. The number of likely N-dealkylation sites (N-methyl/N-ethyl adjacent to an activating group) is 1. The molecule has 46 heteroatoms. The topological polar surface area (TPSA) is 510 Å². The maximum atomic E-state index is 14.2. The molecule has 0 bridgehead atoms.